The SMILES string of the molecule is C.C.C.CCN(CC)C(C)=O.CCN(CC)S(C)(=O)=O. The molecule has 6 heteroatoms. The van der Waals surface area contributed by atoms with Gasteiger partial charge in [-0.15, -0.1) is 0 Å². The molecule has 0 aromatic carbocycles. The average Bonchev–Trinajstić information content (AvgIpc) is 2.19. The number of amides is 1. The molecule has 0 aliphatic rings. The van der Waals surface area contributed by atoms with Gasteiger partial charge in [0.1, 0.15) is 0 Å². The summed E-state index contributed by atoms with van der Waals surface area (Å²) in [6.45, 7) is 12.0. The summed E-state index contributed by atoms with van der Waals surface area (Å²) in [6, 6.07) is 0. The Bertz CT molecular complexity index is 296. The molecule has 0 saturated carbocycles. The molecular weight excluding hydrogens is 276 g/mol. The highest BCUT2D eigenvalue weighted by atomic mass is 32.2. The van der Waals surface area contributed by atoms with Crippen LogP contribution in [0, 0.1) is 0 Å². The number of nitrogens with zero attached hydrogens (tertiary/aromatic N) is 2. The van der Waals surface area contributed by atoms with E-state index in [0.29, 0.717) is 13.1 Å². The van der Waals surface area contributed by atoms with Gasteiger partial charge in [0.25, 0.3) is 0 Å². The summed E-state index contributed by atoms with van der Waals surface area (Å²) in [7, 11) is -2.93. The molecule has 0 aliphatic heterocycles. The molecule has 0 spiro atoms. The van der Waals surface area contributed by atoms with E-state index >= 15 is 0 Å². The van der Waals surface area contributed by atoms with Gasteiger partial charge in [-0.1, -0.05) is 36.1 Å². The Morgan fingerprint density at radius 3 is 1.15 bits per heavy atom. The molecule has 1 amide bonds. The number of carbonyl (C=O) groups is 1. The van der Waals surface area contributed by atoms with Crippen molar-refractivity contribution in [1.82, 2.24) is 9.21 Å². The molecule has 0 unspecified atom stereocenters. The third-order valence-corrected chi connectivity index (χ3v) is 3.84. The zero-order chi connectivity index (χ0) is 14.1. The van der Waals surface area contributed by atoms with Crippen molar-refractivity contribution in [3.8, 4) is 0 Å². The fraction of sp³-hybridized carbons (Fsp3) is 0.929. The van der Waals surface area contributed by atoms with Crippen molar-refractivity contribution in [1.29, 1.82) is 0 Å². The van der Waals surface area contributed by atoms with E-state index < -0.39 is 10.0 Å². The van der Waals surface area contributed by atoms with Crippen LogP contribution in [-0.4, -0.2) is 56.0 Å². The van der Waals surface area contributed by atoms with E-state index in [1.54, 1.807) is 11.8 Å². The van der Waals surface area contributed by atoms with Crippen LogP contribution >= 0.6 is 0 Å². The molecular formula is C14H38N2O3S. The topological polar surface area (TPSA) is 57.7 Å². The van der Waals surface area contributed by atoms with Crippen LogP contribution in [0.15, 0.2) is 0 Å². The summed E-state index contributed by atoms with van der Waals surface area (Å²) in [6.07, 6.45) is 1.22. The lowest BCUT2D eigenvalue weighted by Crippen LogP contribution is -2.29. The van der Waals surface area contributed by atoms with E-state index in [1.807, 2.05) is 27.7 Å². The summed E-state index contributed by atoms with van der Waals surface area (Å²) in [5.74, 6) is 0.162. The van der Waals surface area contributed by atoms with Crippen LogP contribution in [0.5, 0.6) is 0 Å². The Morgan fingerprint density at radius 1 is 0.850 bits per heavy atom. The summed E-state index contributed by atoms with van der Waals surface area (Å²) in [5, 5.41) is 0. The van der Waals surface area contributed by atoms with Crippen molar-refractivity contribution in [2.75, 3.05) is 32.4 Å². The largest absolute Gasteiger partial charge is 0.343 e. The Balaban J connectivity index is -0.0000000655. The molecule has 20 heavy (non-hydrogen) atoms. The first kappa shape index (κ1) is 31.7. The highest BCUT2D eigenvalue weighted by Crippen LogP contribution is 1.94. The fourth-order valence-electron chi connectivity index (χ4n) is 1.36. The van der Waals surface area contributed by atoms with E-state index in [1.165, 1.54) is 10.6 Å². The molecule has 0 N–H and O–H groups in total. The number of rotatable bonds is 5. The minimum absolute atomic E-state index is 0. The van der Waals surface area contributed by atoms with Crippen molar-refractivity contribution >= 4 is 15.9 Å². The zero-order valence-electron chi connectivity index (χ0n) is 11.9. The maximum absolute atomic E-state index is 10.7. The Hall–Kier alpha value is -0.620. The van der Waals surface area contributed by atoms with Gasteiger partial charge in [0.15, 0.2) is 0 Å². The Morgan fingerprint density at radius 2 is 1.15 bits per heavy atom. The van der Waals surface area contributed by atoms with Crippen LogP contribution in [-0.2, 0) is 14.8 Å². The van der Waals surface area contributed by atoms with Crippen LogP contribution in [0.3, 0.4) is 0 Å². The summed E-state index contributed by atoms with van der Waals surface area (Å²) in [4.78, 5) is 12.3. The third kappa shape index (κ3) is 15.4. The third-order valence-electron chi connectivity index (χ3n) is 2.38. The highest BCUT2D eigenvalue weighted by molar-refractivity contribution is 7.88. The number of sulfonamides is 1. The Labute approximate surface area is 128 Å². The second-order valence-electron chi connectivity index (χ2n) is 3.54. The molecule has 0 atom stereocenters. The molecule has 0 heterocycles. The predicted molar refractivity (Wildman–Crippen MR) is 91.6 cm³/mol. The van der Waals surface area contributed by atoms with E-state index in [-0.39, 0.29) is 28.2 Å². The first-order valence-corrected chi connectivity index (χ1v) is 7.79. The summed E-state index contributed by atoms with van der Waals surface area (Å²) in [5.41, 5.74) is 0. The monoisotopic (exact) mass is 314 g/mol. The van der Waals surface area contributed by atoms with Crippen molar-refractivity contribution < 1.29 is 13.2 Å². The fourth-order valence-corrected chi connectivity index (χ4v) is 2.30. The van der Waals surface area contributed by atoms with Crippen LogP contribution in [0.4, 0.5) is 0 Å². The molecule has 0 aromatic rings. The lowest BCUT2D eigenvalue weighted by molar-refractivity contribution is -0.128. The zero-order valence-corrected chi connectivity index (χ0v) is 12.7. The highest BCUT2D eigenvalue weighted by Gasteiger charge is 2.09. The summed E-state index contributed by atoms with van der Waals surface area (Å²) >= 11 is 0. The molecule has 128 valence electrons. The Kier molecular flexibility index (Phi) is 26.0. The smallest absolute Gasteiger partial charge is 0.219 e. The molecule has 0 aromatic heterocycles. The van der Waals surface area contributed by atoms with E-state index in [2.05, 4.69) is 0 Å². The van der Waals surface area contributed by atoms with Crippen molar-refractivity contribution in [3.05, 3.63) is 0 Å². The van der Waals surface area contributed by atoms with Crippen LogP contribution in [0.2, 0.25) is 0 Å². The number of hydrogen-bond acceptors (Lipinski definition) is 3. The van der Waals surface area contributed by atoms with Gasteiger partial charge < -0.3 is 4.90 Å². The number of hydrogen-bond donors (Lipinski definition) is 0. The van der Waals surface area contributed by atoms with Crippen LogP contribution in [0.1, 0.15) is 56.9 Å². The van der Waals surface area contributed by atoms with E-state index in [0.717, 1.165) is 13.1 Å². The van der Waals surface area contributed by atoms with Crippen molar-refractivity contribution in [3.63, 3.8) is 0 Å². The van der Waals surface area contributed by atoms with Gasteiger partial charge in [-0.3, -0.25) is 4.79 Å². The molecule has 0 rings (SSSR count). The van der Waals surface area contributed by atoms with Gasteiger partial charge in [-0.2, -0.15) is 0 Å². The minimum atomic E-state index is -2.93. The lowest BCUT2D eigenvalue weighted by atomic mass is 10.5. The van der Waals surface area contributed by atoms with E-state index in [4.69, 9.17) is 0 Å². The normalized spacial score (nSPS) is 9.15. The molecule has 0 fully saturated rings. The van der Waals surface area contributed by atoms with Gasteiger partial charge in [-0.25, -0.2) is 12.7 Å². The predicted octanol–water partition coefficient (Wildman–Crippen LogP) is 3.07. The standard InChI is InChI=1S/C6H13NO.C5H13NO2S.3CH4/c1-4-7(5-2)6(3)8;1-4-6(5-2)9(3,7)8;;;/h4-5H2,1-3H3;4-5H2,1-3H3;3*1H4. The summed E-state index contributed by atoms with van der Waals surface area (Å²) < 4.78 is 22.8. The quantitative estimate of drug-likeness (QED) is 0.783. The molecule has 0 saturated heterocycles. The van der Waals surface area contributed by atoms with Crippen LogP contribution in [0.25, 0.3) is 0 Å². The van der Waals surface area contributed by atoms with Gasteiger partial charge in [0.2, 0.25) is 15.9 Å². The first-order chi connectivity index (χ1) is 7.74. The minimum Gasteiger partial charge on any atom is -0.343 e. The second kappa shape index (κ2) is 16.4. The first-order valence-electron chi connectivity index (χ1n) is 5.95. The maximum atomic E-state index is 10.7. The molecule has 0 aliphatic carbocycles. The lowest BCUT2D eigenvalue weighted by Gasteiger charge is -2.14. The van der Waals surface area contributed by atoms with Gasteiger partial charge >= 0.3 is 0 Å². The molecule has 0 radical (unpaired) electrons. The second-order valence-corrected chi connectivity index (χ2v) is 5.52. The molecule has 5 nitrogen and oxygen atoms in total. The average molecular weight is 315 g/mol. The maximum Gasteiger partial charge on any atom is 0.219 e. The van der Waals surface area contributed by atoms with Gasteiger partial charge in [-0.05, 0) is 13.8 Å². The van der Waals surface area contributed by atoms with E-state index in [9.17, 15) is 13.2 Å². The van der Waals surface area contributed by atoms with Crippen molar-refractivity contribution in [2.24, 2.45) is 0 Å². The van der Waals surface area contributed by atoms with Crippen molar-refractivity contribution in [2.45, 2.75) is 56.9 Å². The van der Waals surface area contributed by atoms with Gasteiger partial charge in [0.05, 0.1) is 6.26 Å². The molecule has 0 bridgehead atoms. The number of carbonyl (C=O) groups excluding carboxylic acids is 1. The van der Waals surface area contributed by atoms with Crippen LogP contribution < -0.4 is 0 Å². The van der Waals surface area contributed by atoms with Gasteiger partial charge in [0, 0.05) is 33.1 Å².